The van der Waals surface area contributed by atoms with E-state index in [2.05, 4.69) is 6.58 Å². The Morgan fingerprint density at radius 1 is 0.861 bits per heavy atom. The van der Waals surface area contributed by atoms with Gasteiger partial charge in [-0.1, -0.05) is 86.9 Å². The molecule has 0 fully saturated rings. The van der Waals surface area contributed by atoms with Crippen molar-refractivity contribution in [2.24, 2.45) is 0 Å². The number of benzene rings is 1. The molecule has 0 aromatic heterocycles. The highest BCUT2D eigenvalue weighted by atomic mass is 32.2. The Morgan fingerprint density at radius 3 is 1.92 bits per heavy atom. The minimum atomic E-state index is -4.28. The van der Waals surface area contributed by atoms with Crippen LogP contribution in [-0.4, -0.2) is 42.2 Å². The Hall–Kier alpha value is -1.39. The molecular formula is C27H42O6S3. The maximum absolute atomic E-state index is 12.1. The molecule has 0 bridgehead atoms. The van der Waals surface area contributed by atoms with Gasteiger partial charge in [-0.3, -0.25) is 9.11 Å². The number of rotatable bonds is 18. The fraction of sp³-hybridized carbons (Fsp3) is 0.556. The van der Waals surface area contributed by atoms with E-state index in [1.165, 1.54) is 6.92 Å². The minimum Gasteiger partial charge on any atom is -0.285 e. The summed E-state index contributed by atoms with van der Waals surface area (Å²) in [5.41, 5.74) is 0.971. The number of hydrogen-bond donors (Lipinski definition) is 2. The number of unbranched alkanes of at least 4 members (excludes halogenated alkanes) is 4. The Labute approximate surface area is 222 Å². The van der Waals surface area contributed by atoms with Crippen LogP contribution in [0, 0.1) is 0 Å². The van der Waals surface area contributed by atoms with Crippen molar-refractivity contribution in [2.45, 2.75) is 81.6 Å². The number of allylic oxidation sites excluding steroid dienone is 4. The maximum atomic E-state index is 12.1. The molecule has 9 heteroatoms. The highest BCUT2D eigenvalue weighted by molar-refractivity contribution is 7.99. The summed E-state index contributed by atoms with van der Waals surface area (Å²) in [6.45, 7) is 8.82. The Balaban J connectivity index is 2.33. The van der Waals surface area contributed by atoms with Gasteiger partial charge in [-0.2, -0.15) is 28.6 Å². The van der Waals surface area contributed by atoms with Crippen LogP contribution in [0.15, 0.2) is 66.8 Å². The van der Waals surface area contributed by atoms with E-state index >= 15 is 0 Å². The number of hydrogen-bond acceptors (Lipinski definition) is 5. The molecule has 0 aliphatic rings. The van der Waals surface area contributed by atoms with Gasteiger partial charge < -0.3 is 0 Å². The molecule has 2 N–H and O–H groups in total. The SMILES string of the molecule is C=C(/C=C\C=C/C)C(C)(CCCCCSCCCCCC(C)(c1ccccc1)S(=O)(=O)O)S(=O)(=O)O. The summed E-state index contributed by atoms with van der Waals surface area (Å²) in [4.78, 5) is 0. The van der Waals surface area contributed by atoms with E-state index in [-0.39, 0.29) is 0 Å². The Morgan fingerprint density at radius 2 is 1.42 bits per heavy atom. The highest BCUT2D eigenvalue weighted by Gasteiger charge is 2.40. The second kappa shape index (κ2) is 15.1. The third-order valence-corrected chi connectivity index (χ3v) is 11.0. The zero-order chi connectivity index (χ0) is 27.3. The first-order valence-electron chi connectivity index (χ1n) is 12.4. The molecular weight excluding hydrogens is 516 g/mol. The lowest BCUT2D eigenvalue weighted by molar-refractivity contribution is 0.416. The van der Waals surface area contributed by atoms with Crippen molar-refractivity contribution in [2.75, 3.05) is 11.5 Å². The van der Waals surface area contributed by atoms with Crippen molar-refractivity contribution in [1.82, 2.24) is 0 Å². The molecule has 0 aliphatic heterocycles. The predicted octanol–water partition coefficient (Wildman–Crippen LogP) is 6.98. The van der Waals surface area contributed by atoms with Gasteiger partial charge in [0.05, 0.1) is 0 Å². The summed E-state index contributed by atoms with van der Waals surface area (Å²) in [7, 11) is -8.51. The van der Waals surface area contributed by atoms with Crippen LogP contribution >= 0.6 is 11.8 Å². The molecule has 1 rings (SSSR count). The highest BCUT2D eigenvalue weighted by Crippen LogP contribution is 2.35. The molecule has 0 aliphatic carbocycles. The Bertz CT molecular complexity index is 1080. The van der Waals surface area contributed by atoms with Gasteiger partial charge in [0, 0.05) is 0 Å². The van der Waals surface area contributed by atoms with Crippen LogP contribution in [0.3, 0.4) is 0 Å². The molecule has 204 valence electrons. The zero-order valence-corrected chi connectivity index (χ0v) is 24.2. The van der Waals surface area contributed by atoms with Crippen LogP contribution in [0.2, 0.25) is 0 Å². The van der Waals surface area contributed by atoms with Crippen LogP contribution in [-0.2, 0) is 25.0 Å². The van der Waals surface area contributed by atoms with Crippen molar-refractivity contribution < 1.29 is 25.9 Å². The van der Waals surface area contributed by atoms with E-state index < -0.39 is 29.7 Å². The Kier molecular flexibility index (Phi) is 13.7. The fourth-order valence-electron chi connectivity index (χ4n) is 3.92. The standard InChI is InChI=1S/C27H42O6S3/c1-5-6-10-17-24(2)26(3,35(28,29)30)20-13-8-15-22-34-23-16-9-14-21-27(4,36(31,32)33)25-18-11-7-12-19-25/h5-7,10-12,17-19H,2,8-9,13-16,20-23H2,1,3-4H3,(H,28,29,30)(H,31,32,33)/b6-5-,17-10-. The molecule has 0 saturated heterocycles. The second-order valence-electron chi connectivity index (χ2n) is 9.42. The lowest BCUT2D eigenvalue weighted by atomic mass is 9.94. The van der Waals surface area contributed by atoms with Crippen LogP contribution in [0.1, 0.15) is 77.7 Å². The molecule has 0 radical (unpaired) electrons. The van der Waals surface area contributed by atoms with Gasteiger partial charge in [-0.15, -0.1) is 0 Å². The summed E-state index contributed by atoms with van der Waals surface area (Å²) < 4.78 is 65.0. The molecule has 1 aromatic carbocycles. The van der Waals surface area contributed by atoms with E-state index in [0.29, 0.717) is 36.8 Å². The van der Waals surface area contributed by atoms with Gasteiger partial charge in [0.15, 0.2) is 0 Å². The van der Waals surface area contributed by atoms with Gasteiger partial charge >= 0.3 is 0 Å². The molecule has 0 spiro atoms. The lowest BCUT2D eigenvalue weighted by Crippen LogP contribution is -2.36. The van der Waals surface area contributed by atoms with Gasteiger partial charge in [0.2, 0.25) is 0 Å². The average molecular weight is 559 g/mol. The maximum Gasteiger partial charge on any atom is 0.274 e. The fourth-order valence-corrected chi connectivity index (χ4v) is 6.57. The van der Waals surface area contributed by atoms with Crippen LogP contribution in [0.4, 0.5) is 0 Å². The lowest BCUT2D eigenvalue weighted by Gasteiger charge is -2.27. The van der Waals surface area contributed by atoms with E-state index in [1.54, 1.807) is 49.4 Å². The van der Waals surface area contributed by atoms with E-state index in [1.807, 2.05) is 30.8 Å². The summed E-state index contributed by atoms with van der Waals surface area (Å²) in [5.74, 6) is 1.92. The molecule has 1 aromatic rings. The van der Waals surface area contributed by atoms with Crippen molar-refractivity contribution in [3.05, 3.63) is 72.4 Å². The van der Waals surface area contributed by atoms with E-state index in [0.717, 1.165) is 37.2 Å². The normalized spacial score (nSPS) is 16.2. The third kappa shape index (κ3) is 9.82. The first kappa shape index (κ1) is 32.6. The first-order chi connectivity index (χ1) is 16.8. The van der Waals surface area contributed by atoms with Crippen molar-refractivity contribution in [3.63, 3.8) is 0 Å². The molecule has 36 heavy (non-hydrogen) atoms. The monoisotopic (exact) mass is 558 g/mol. The van der Waals surface area contributed by atoms with Crippen LogP contribution in [0.5, 0.6) is 0 Å². The summed E-state index contributed by atoms with van der Waals surface area (Å²) in [6.07, 6.45) is 12.6. The predicted molar refractivity (Wildman–Crippen MR) is 153 cm³/mol. The average Bonchev–Trinajstić information content (AvgIpc) is 2.81. The van der Waals surface area contributed by atoms with Crippen molar-refractivity contribution in [1.29, 1.82) is 0 Å². The largest absolute Gasteiger partial charge is 0.285 e. The molecule has 6 nitrogen and oxygen atoms in total. The van der Waals surface area contributed by atoms with Gasteiger partial charge in [-0.05, 0) is 69.1 Å². The van der Waals surface area contributed by atoms with Gasteiger partial charge in [0.1, 0.15) is 9.49 Å². The smallest absolute Gasteiger partial charge is 0.274 e. The summed E-state index contributed by atoms with van der Waals surface area (Å²) in [5, 5.41) is 0. The minimum absolute atomic E-state index is 0.309. The topological polar surface area (TPSA) is 109 Å². The first-order valence-corrected chi connectivity index (χ1v) is 16.4. The summed E-state index contributed by atoms with van der Waals surface area (Å²) >= 11 is 1.82. The van der Waals surface area contributed by atoms with Crippen molar-refractivity contribution in [3.8, 4) is 0 Å². The molecule has 2 atom stereocenters. The molecule has 0 saturated carbocycles. The van der Waals surface area contributed by atoms with Gasteiger partial charge in [-0.25, -0.2) is 0 Å². The van der Waals surface area contributed by atoms with Crippen LogP contribution < -0.4 is 0 Å². The quantitative estimate of drug-likeness (QED) is 0.114. The zero-order valence-electron chi connectivity index (χ0n) is 21.7. The molecule has 0 amide bonds. The van der Waals surface area contributed by atoms with Gasteiger partial charge in [0.25, 0.3) is 20.2 Å². The molecule has 0 heterocycles. The molecule has 2 unspecified atom stereocenters. The van der Waals surface area contributed by atoms with Crippen molar-refractivity contribution >= 4 is 32.0 Å². The van der Waals surface area contributed by atoms with E-state index in [4.69, 9.17) is 0 Å². The van der Waals surface area contributed by atoms with E-state index in [9.17, 15) is 25.9 Å². The third-order valence-electron chi connectivity index (χ3n) is 6.69. The second-order valence-corrected chi connectivity index (χ2v) is 14.3. The van der Waals surface area contributed by atoms with Crippen LogP contribution in [0.25, 0.3) is 0 Å². The summed E-state index contributed by atoms with van der Waals surface area (Å²) in [6, 6.07) is 8.84. The number of thioether (sulfide) groups is 1.